The minimum Gasteiger partial charge on any atom is -0.495 e. The lowest BCUT2D eigenvalue weighted by Crippen LogP contribution is -2.60. The third-order valence-corrected chi connectivity index (χ3v) is 6.09. The molecule has 4 rings (SSSR count). The predicted molar refractivity (Wildman–Crippen MR) is 127 cm³/mol. The first-order valence-electron chi connectivity index (χ1n) is 10.5. The van der Waals surface area contributed by atoms with Gasteiger partial charge in [0, 0.05) is 4.47 Å². The number of carbonyl (C=O) groups is 1. The van der Waals surface area contributed by atoms with Crippen molar-refractivity contribution in [3.63, 3.8) is 0 Å². The molecule has 0 bridgehead atoms. The normalized spacial score (nSPS) is 24.6. The van der Waals surface area contributed by atoms with Gasteiger partial charge in [0.1, 0.15) is 35.9 Å². The predicted octanol–water partition coefficient (Wildman–Crippen LogP) is 2.04. The van der Waals surface area contributed by atoms with Gasteiger partial charge in [-0.3, -0.25) is 4.79 Å². The molecule has 1 amide bonds. The third-order valence-electron chi connectivity index (χ3n) is 5.59. The fourth-order valence-electron chi connectivity index (χ4n) is 3.75. The summed E-state index contributed by atoms with van der Waals surface area (Å²) in [6.45, 7) is -0.600. The molecule has 0 saturated carbocycles. The van der Waals surface area contributed by atoms with Crippen molar-refractivity contribution in [1.82, 2.24) is 0 Å². The van der Waals surface area contributed by atoms with Crippen molar-refractivity contribution in [3.05, 3.63) is 64.6 Å². The van der Waals surface area contributed by atoms with Gasteiger partial charge >= 0.3 is 0 Å². The second kappa shape index (κ2) is 10.3. The summed E-state index contributed by atoms with van der Waals surface area (Å²) in [5.41, 5.74) is 0.580. The molecule has 0 spiro atoms. The molecule has 1 heterocycles. The fourth-order valence-corrected chi connectivity index (χ4v) is 4.13. The van der Waals surface area contributed by atoms with Crippen LogP contribution in [0.1, 0.15) is 10.4 Å². The van der Waals surface area contributed by atoms with Crippen LogP contribution in [0.5, 0.6) is 11.5 Å². The van der Waals surface area contributed by atoms with E-state index >= 15 is 0 Å². The Balaban J connectivity index is 1.72. The number of aliphatic hydroxyl groups excluding tert-OH is 4. The van der Waals surface area contributed by atoms with Gasteiger partial charge in [-0.2, -0.15) is 0 Å². The van der Waals surface area contributed by atoms with E-state index in [0.29, 0.717) is 11.4 Å². The minimum absolute atomic E-state index is 0.0755. The molecule has 34 heavy (non-hydrogen) atoms. The molecule has 3 aromatic carbocycles. The van der Waals surface area contributed by atoms with E-state index < -0.39 is 43.2 Å². The summed E-state index contributed by atoms with van der Waals surface area (Å²) in [7, 11) is 1.49. The highest BCUT2D eigenvalue weighted by Crippen LogP contribution is 2.33. The maximum atomic E-state index is 13.3. The van der Waals surface area contributed by atoms with Crippen molar-refractivity contribution in [2.45, 2.75) is 30.7 Å². The number of nitrogens with one attached hydrogen (secondary N) is 1. The van der Waals surface area contributed by atoms with Crippen molar-refractivity contribution in [3.8, 4) is 11.5 Å². The summed E-state index contributed by atoms with van der Waals surface area (Å²) < 4.78 is 17.4. The van der Waals surface area contributed by atoms with Gasteiger partial charge in [-0.25, -0.2) is 0 Å². The first kappa shape index (κ1) is 24.4. The molecule has 1 aliphatic rings. The number of hydrogen-bond donors (Lipinski definition) is 5. The molecule has 0 aromatic heterocycles. The van der Waals surface area contributed by atoms with Gasteiger partial charge in [-0.05, 0) is 47.2 Å². The van der Waals surface area contributed by atoms with Crippen molar-refractivity contribution in [2.75, 3.05) is 19.0 Å². The molecule has 180 valence electrons. The summed E-state index contributed by atoms with van der Waals surface area (Å²) in [5, 5.41) is 44.3. The lowest BCUT2D eigenvalue weighted by Gasteiger charge is -2.39. The number of ether oxygens (including phenoxy) is 3. The van der Waals surface area contributed by atoms with Crippen LogP contribution in [-0.4, -0.2) is 70.8 Å². The van der Waals surface area contributed by atoms with Gasteiger partial charge in [-0.1, -0.05) is 34.1 Å². The Bertz CT molecular complexity index is 1190. The highest BCUT2D eigenvalue weighted by Gasteiger charge is 2.45. The molecule has 5 N–H and O–H groups in total. The number of rotatable bonds is 6. The Morgan fingerprint density at radius 3 is 2.50 bits per heavy atom. The number of benzene rings is 3. The summed E-state index contributed by atoms with van der Waals surface area (Å²) >= 11 is 3.42. The van der Waals surface area contributed by atoms with E-state index in [9.17, 15) is 25.2 Å². The Morgan fingerprint density at radius 1 is 1.00 bits per heavy atom. The average molecular weight is 534 g/mol. The van der Waals surface area contributed by atoms with Crippen molar-refractivity contribution >= 4 is 38.3 Å². The number of aliphatic hydroxyl groups is 4. The zero-order valence-corrected chi connectivity index (χ0v) is 19.7. The van der Waals surface area contributed by atoms with E-state index in [1.165, 1.54) is 7.11 Å². The van der Waals surface area contributed by atoms with E-state index in [0.717, 1.165) is 15.2 Å². The van der Waals surface area contributed by atoms with Gasteiger partial charge in [-0.15, -0.1) is 0 Å². The Labute approximate surface area is 203 Å². The maximum Gasteiger partial charge on any atom is 0.259 e. The van der Waals surface area contributed by atoms with Crippen LogP contribution in [-0.2, 0) is 4.74 Å². The molecule has 0 unspecified atom stereocenters. The molecule has 5 atom stereocenters. The highest BCUT2D eigenvalue weighted by atomic mass is 79.9. The van der Waals surface area contributed by atoms with E-state index in [1.54, 1.807) is 36.4 Å². The van der Waals surface area contributed by atoms with Crippen LogP contribution in [0.25, 0.3) is 10.8 Å². The lowest BCUT2D eigenvalue weighted by atomic mass is 9.99. The second-order valence-corrected chi connectivity index (χ2v) is 8.73. The van der Waals surface area contributed by atoms with Crippen LogP contribution >= 0.6 is 15.9 Å². The molecular formula is C24H24BrNO8. The Kier molecular flexibility index (Phi) is 7.36. The smallest absolute Gasteiger partial charge is 0.259 e. The SMILES string of the molecule is COc1ccccc1NC(=O)c1cc2cc(Br)ccc2cc1O[C@@H]1O[C@H](CO)[C@@H](O)[C@H](O)[C@H]1O. The van der Waals surface area contributed by atoms with Crippen molar-refractivity contribution in [2.24, 2.45) is 0 Å². The molecular weight excluding hydrogens is 510 g/mol. The van der Waals surface area contributed by atoms with Gasteiger partial charge in [0.25, 0.3) is 5.91 Å². The molecule has 3 aromatic rings. The van der Waals surface area contributed by atoms with E-state index in [2.05, 4.69) is 21.2 Å². The fraction of sp³-hybridized carbons (Fsp3) is 0.292. The molecule has 1 fully saturated rings. The lowest BCUT2D eigenvalue weighted by molar-refractivity contribution is -0.277. The number of anilines is 1. The number of para-hydroxylation sites is 2. The van der Waals surface area contributed by atoms with Crippen LogP contribution in [0.4, 0.5) is 5.69 Å². The Morgan fingerprint density at radius 2 is 1.76 bits per heavy atom. The van der Waals surface area contributed by atoms with Gasteiger partial charge in [0.2, 0.25) is 6.29 Å². The Hall–Kier alpha value is -2.73. The number of fused-ring (bicyclic) bond motifs is 1. The summed E-state index contributed by atoms with van der Waals surface area (Å²) in [6.07, 6.45) is -7.35. The highest BCUT2D eigenvalue weighted by molar-refractivity contribution is 9.10. The topological polar surface area (TPSA) is 138 Å². The van der Waals surface area contributed by atoms with Crippen LogP contribution in [0, 0.1) is 0 Å². The van der Waals surface area contributed by atoms with Crippen LogP contribution in [0.2, 0.25) is 0 Å². The molecule has 10 heteroatoms. The zero-order valence-electron chi connectivity index (χ0n) is 18.1. The van der Waals surface area contributed by atoms with Gasteiger partial charge < -0.3 is 40.0 Å². The zero-order chi connectivity index (χ0) is 24.4. The number of halogens is 1. The summed E-state index contributed by atoms with van der Waals surface area (Å²) in [4.78, 5) is 13.3. The first-order chi connectivity index (χ1) is 16.3. The number of hydrogen-bond acceptors (Lipinski definition) is 8. The van der Waals surface area contributed by atoms with Crippen LogP contribution in [0.3, 0.4) is 0 Å². The second-order valence-electron chi connectivity index (χ2n) is 7.81. The van der Waals surface area contributed by atoms with Crippen molar-refractivity contribution in [1.29, 1.82) is 0 Å². The van der Waals surface area contributed by atoms with Crippen LogP contribution in [0.15, 0.2) is 59.1 Å². The first-order valence-corrected chi connectivity index (χ1v) is 11.3. The number of carbonyl (C=O) groups excluding carboxylic acids is 1. The quantitative estimate of drug-likeness (QED) is 0.324. The minimum atomic E-state index is -1.62. The number of methoxy groups -OCH3 is 1. The molecule has 0 aliphatic carbocycles. The van der Waals surface area contributed by atoms with E-state index in [1.807, 2.05) is 18.2 Å². The van der Waals surface area contributed by atoms with Gasteiger partial charge in [0.05, 0.1) is 25.0 Å². The monoisotopic (exact) mass is 533 g/mol. The third kappa shape index (κ3) is 4.88. The average Bonchev–Trinajstić information content (AvgIpc) is 2.84. The maximum absolute atomic E-state index is 13.3. The molecule has 9 nitrogen and oxygen atoms in total. The van der Waals surface area contributed by atoms with E-state index in [4.69, 9.17) is 14.2 Å². The van der Waals surface area contributed by atoms with E-state index in [-0.39, 0.29) is 11.3 Å². The summed E-state index contributed by atoms with van der Waals surface area (Å²) in [5.74, 6) is 0.0355. The number of amides is 1. The standard InChI is InChI=1S/C24H24BrNO8/c1-32-17-5-3-2-4-16(17)26-23(31)15-9-13-8-14(25)7-6-12(13)10-18(15)33-24-22(30)21(29)20(28)19(11-27)34-24/h2-10,19-22,24,27-30H,11H2,1H3,(H,26,31)/t19-,20-,21+,22-,24-/m1/s1. The van der Waals surface area contributed by atoms with Gasteiger partial charge in [0.15, 0.2) is 0 Å². The van der Waals surface area contributed by atoms with Crippen molar-refractivity contribution < 1.29 is 39.4 Å². The summed E-state index contributed by atoms with van der Waals surface area (Å²) in [6, 6.07) is 15.6. The largest absolute Gasteiger partial charge is 0.495 e. The van der Waals surface area contributed by atoms with Crippen LogP contribution < -0.4 is 14.8 Å². The molecule has 0 radical (unpaired) electrons. The molecule has 1 aliphatic heterocycles. The molecule has 1 saturated heterocycles.